The number of nitrogens with zero attached hydrogens (tertiary/aromatic N) is 1. The van der Waals surface area contributed by atoms with E-state index in [4.69, 9.17) is 14.2 Å². The maximum Gasteiger partial charge on any atom is 0.282 e. The Bertz CT molecular complexity index is 979. The van der Waals surface area contributed by atoms with E-state index in [1.54, 1.807) is 20.3 Å². The fraction of sp³-hybridized carbons (Fsp3) is 0.571. The molecule has 0 radical (unpaired) electrons. The summed E-state index contributed by atoms with van der Waals surface area (Å²) in [5.74, 6) is 0.300. The summed E-state index contributed by atoms with van der Waals surface area (Å²) in [7, 11) is 3.30. The van der Waals surface area contributed by atoms with E-state index >= 15 is 0 Å². The van der Waals surface area contributed by atoms with E-state index in [0.717, 1.165) is 55.4 Å². The third-order valence-electron chi connectivity index (χ3n) is 7.28. The van der Waals surface area contributed by atoms with E-state index in [1.807, 2.05) is 36.1 Å². The monoisotopic (exact) mass is 514 g/mol. The lowest BCUT2D eigenvalue weighted by atomic mass is 9.89. The lowest BCUT2D eigenvalue weighted by molar-refractivity contribution is -0.294. The minimum Gasteiger partial charge on any atom is -0.497 e. The van der Waals surface area contributed by atoms with Crippen molar-refractivity contribution in [2.75, 3.05) is 20.0 Å². The molecule has 2 amide bonds. The van der Waals surface area contributed by atoms with Crippen molar-refractivity contribution in [3.05, 3.63) is 53.6 Å². The first kappa shape index (κ1) is 26.8. The van der Waals surface area contributed by atoms with Gasteiger partial charge in [-0.15, -0.1) is 0 Å². The number of ether oxygens (including phenoxy) is 3. The second kappa shape index (κ2) is 12.3. The van der Waals surface area contributed by atoms with Gasteiger partial charge in [-0.3, -0.25) is 9.59 Å². The molecule has 2 bridgehead atoms. The summed E-state index contributed by atoms with van der Waals surface area (Å²) in [4.78, 5) is 27.7. The summed E-state index contributed by atoms with van der Waals surface area (Å²) in [6, 6.07) is 7.41. The third kappa shape index (κ3) is 6.52. The second-order valence-electron chi connectivity index (χ2n) is 9.90. The zero-order chi connectivity index (χ0) is 25.5. The summed E-state index contributed by atoms with van der Waals surface area (Å²) >= 11 is 1.30. The molecule has 3 heterocycles. The molecule has 3 aliphatic rings. The molecule has 36 heavy (non-hydrogen) atoms. The molecule has 1 N–H and O–H groups in total. The molecular formula is C28H38N2O5S. The number of thioether (sulfide) groups is 1. The molecule has 196 valence electrons. The number of benzene rings is 1. The molecule has 2 saturated heterocycles. The van der Waals surface area contributed by atoms with Crippen molar-refractivity contribution in [3.63, 3.8) is 0 Å². The van der Waals surface area contributed by atoms with Crippen molar-refractivity contribution >= 4 is 22.9 Å². The van der Waals surface area contributed by atoms with Crippen molar-refractivity contribution in [1.82, 2.24) is 10.2 Å². The van der Waals surface area contributed by atoms with Gasteiger partial charge in [0, 0.05) is 37.9 Å². The van der Waals surface area contributed by atoms with Crippen LogP contribution in [0.15, 0.2) is 48.1 Å². The van der Waals surface area contributed by atoms with E-state index < -0.39 is 5.79 Å². The predicted octanol–water partition coefficient (Wildman–Crippen LogP) is 5.21. The largest absolute Gasteiger partial charge is 0.497 e. The van der Waals surface area contributed by atoms with Crippen molar-refractivity contribution in [2.45, 2.75) is 82.4 Å². The maximum atomic E-state index is 13.0. The normalized spacial score (nSPS) is 29.9. The van der Waals surface area contributed by atoms with Crippen LogP contribution in [0.25, 0.3) is 0 Å². The predicted molar refractivity (Wildman–Crippen MR) is 142 cm³/mol. The molecule has 0 aromatic heterocycles. The summed E-state index contributed by atoms with van der Waals surface area (Å²) < 4.78 is 18.1. The first-order valence-corrected chi connectivity index (χ1v) is 13.8. The van der Waals surface area contributed by atoms with Gasteiger partial charge in [-0.1, -0.05) is 41.6 Å². The molecule has 7 nitrogen and oxygen atoms in total. The van der Waals surface area contributed by atoms with Gasteiger partial charge in [-0.2, -0.15) is 0 Å². The van der Waals surface area contributed by atoms with Gasteiger partial charge in [0.25, 0.3) is 5.24 Å². The highest BCUT2D eigenvalue weighted by Crippen LogP contribution is 2.42. The molecule has 1 aromatic carbocycles. The van der Waals surface area contributed by atoms with Crippen LogP contribution in [0.4, 0.5) is 4.79 Å². The lowest BCUT2D eigenvalue weighted by Crippen LogP contribution is -2.62. The Morgan fingerprint density at radius 3 is 2.69 bits per heavy atom. The van der Waals surface area contributed by atoms with Gasteiger partial charge in [0.2, 0.25) is 5.91 Å². The van der Waals surface area contributed by atoms with Crippen molar-refractivity contribution in [3.8, 4) is 5.75 Å². The van der Waals surface area contributed by atoms with E-state index in [2.05, 4.69) is 17.5 Å². The first-order chi connectivity index (χ1) is 17.4. The van der Waals surface area contributed by atoms with Crippen molar-refractivity contribution in [2.24, 2.45) is 0 Å². The van der Waals surface area contributed by atoms with Crippen LogP contribution in [0.2, 0.25) is 0 Å². The quantitative estimate of drug-likeness (QED) is 0.544. The van der Waals surface area contributed by atoms with Crippen LogP contribution in [0.3, 0.4) is 0 Å². The molecular weight excluding hydrogens is 476 g/mol. The molecule has 1 unspecified atom stereocenters. The SMILES string of the molecule is COc1ccc(CN2C(=O)SC[C@@H]2[C@@]2(OC)C[C@H]3CC(CCCC=CCCC(C)=CC(=O)N3)O2)cc1. The number of methoxy groups -OCH3 is 2. The number of amides is 2. The van der Waals surface area contributed by atoms with Crippen LogP contribution < -0.4 is 10.1 Å². The van der Waals surface area contributed by atoms with Gasteiger partial charge in [-0.05, 0) is 63.1 Å². The first-order valence-electron chi connectivity index (χ1n) is 12.8. The Morgan fingerprint density at radius 2 is 1.94 bits per heavy atom. The molecule has 4 atom stereocenters. The smallest absolute Gasteiger partial charge is 0.282 e. The molecule has 1 aromatic rings. The summed E-state index contributed by atoms with van der Waals surface area (Å²) in [6.07, 6.45) is 12.0. The van der Waals surface area contributed by atoms with E-state index in [0.29, 0.717) is 18.7 Å². The highest BCUT2D eigenvalue weighted by Gasteiger charge is 2.53. The Morgan fingerprint density at radius 1 is 1.17 bits per heavy atom. The molecule has 0 aliphatic carbocycles. The van der Waals surface area contributed by atoms with E-state index in [1.165, 1.54) is 11.8 Å². The molecule has 2 fully saturated rings. The van der Waals surface area contributed by atoms with Crippen LogP contribution in [0, 0.1) is 0 Å². The minimum absolute atomic E-state index is 0.0180. The fourth-order valence-corrected chi connectivity index (χ4v) is 6.45. The van der Waals surface area contributed by atoms with Crippen LogP contribution in [0.1, 0.15) is 57.4 Å². The number of allylic oxidation sites excluding steroid dienone is 3. The topological polar surface area (TPSA) is 77.1 Å². The Hall–Kier alpha value is -2.29. The zero-order valence-corrected chi connectivity index (χ0v) is 22.4. The molecule has 3 aliphatic heterocycles. The highest BCUT2D eigenvalue weighted by molar-refractivity contribution is 8.13. The Kier molecular flexibility index (Phi) is 9.14. The third-order valence-corrected chi connectivity index (χ3v) is 8.24. The second-order valence-corrected chi connectivity index (χ2v) is 10.9. The summed E-state index contributed by atoms with van der Waals surface area (Å²) in [5.41, 5.74) is 2.08. The summed E-state index contributed by atoms with van der Waals surface area (Å²) in [6.45, 7) is 2.47. The number of nitrogens with one attached hydrogen (secondary N) is 1. The summed E-state index contributed by atoms with van der Waals surface area (Å²) in [5, 5.41) is 3.23. The maximum absolute atomic E-state index is 13.0. The van der Waals surface area contributed by atoms with Crippen LogP contribution >= 0.6 is 11.8 Å². The van der Waals surface area contributed by atoms with Crippen molar-refractivity contribution < 1.29 is 23.8 Å². The van der Waals surface area contributed by atoms with E-state index in [-0.39, 0.29) is 29.3 Å². The number of rotatable bonds is 5. The van der Waals surface area contributed by atoms with Gasteiger partial charge in [0.15, 0.2) is 5.79 Å². The molecule has 8 heteroatoms. The van der Waals surface area contributed by atoms with Crippen LogP contribution in [0.5, 0.6) is 5.75 Å². The average molecular weight is 515 g/mol. The van der Waals surface area contributed by atoms with Crippen LogP contribution in [-0.2, 0) is 20.8 Å². The van der Waals surface area contributed by atoms with E-state index in [9.17, 15) is 9.59 Å². The number of hydrogen-bond donors (Lipinski definition) is 1. The molecule has 0 spiro atoms. The van der Waals surface area contributed by atoms with Gasteiger partial charge in [0.1, 0.15) is 5.75 Å². The van der Waals surface area contributed by atoms with Gasteiger partial charge in [-0.25, -0.2) is 0 Å². The van der Waals surface area contributed by atoms with Crippen LogP contribution in [-0.4, -0.2) is 60.0 Å². The number of carbonyl (C=O) groups is 2. The minimum atomic E-state index is -0.988. The average Bonchev–Trinajstić information content (AvgIpc) is 3.23. The molecule has 4 rings (SSSR count). The van der Waals surface area contributed by atoms with Gasteiger partial charge >= 0.3 is 0 Å². The number of hydrogen-bond acceptors (Lipinski definition) is 6. The van der Waals surface area contributed by atoms with Gasteiger partial charge in [0.05, 0.1) is 19.3 Å². The Labute approximate surface area is 218 Å². The number of carbonyl (C=O) groups excluding carboxylic acids is 2. The fourth-order valence-electron chi connectivity index (χ4n) is 5.36. The standard InChI is InChI=1S/C28H38N2O5S/c1-20-9-7-5-4-6-8-10-24-16-22(29-26(31)15-20)17-28(34-3,35-24)25-19-36-27(32)30(25)18-21-11-13-23(33-2)14-12-21/h4-5,11-15,22,24-25H,6-10,16-19H2,1-3H3,(H,29,31)/t22-,24?,25-,28-/m1/s1. The van der Waals surface area contributed by atoms with Crippen molar-refractivity contribution in [1.29, 1.82) is 0 Å². The zero-order valence-electron chi connectivity index (χ0n) is 21.5. The Balaban J connectivity index is 1.58. The molecule has 0 saturated carbocycles. The van der Waals surface area contributed by atoms with Gasteiger partial charge < -0.3 is 24.4 Å². The lowest BCUT2D eigenvalue weighted by Gasteiger charge is -2.48. The number of fused-ring (bicyclic) bond motifs is 2. The highest BCUT2D eigenvalue weighted by atomic mass is 32.2.